The molecule has 2 rings (SSSR count). The van der Waals surface area contributed by atoms with E-state index in [1.54, 1.807) is 11.1 Å². The fourth-order valence-corrected chi connectivity index (χ4v) is 1.51. The number of hydrogen-bond acceptors (Lipinski definition) is 2. The van der Waals surface area contributed by atoms with Crippen LogP contribution in [0.4, 0.5) is 0 Å². The van der Waals surface area contributed by atoms with Crippen LogP contribution in [-0.4, -0.2) is 20.6 Å². The highest BCUT2D eigenvalue weighted by atomic mass is 32.1. The number of aliphatic hydroxyl groups is 2. The van der Waals surface area contributed by atoms with Crippen molar-refractivity contribution in [2.75, 3.05) is 0 Å². The van der Waals surface area contributed by atoms with Crippen molar-refractivity contribution >= 4 is 34.8 Å². The van der Waals surface area contributed by atoms with Crippen molar-refractivity contribution in [3.63, 3.8) is 0 Å². The van der Waals surface area contributed by atoms with Gasteiger partial charge in [0.05, 0.1) is 0 Å². The topological polar surface area (TPSA) is 92.5 Å². The first-order valence-electron chi connectivity index (χ1n) is 4.97. The Morgan fingerprint density at radius 1 is 0.944 bits per heavy atom. The van der Waals surface area contributed by atoms with E-state index in [2.05, 4.69) is 60.2 Å². The van der Waals surface area contributed by atoms with Crippen LogP contribution in [0.25, 0.3) is 0 Å². The molecule has 0 atom stereocenters. The summed E-state index contributed by atoms with van der Waals surface area (Å²) < 4.78 is 0. The molecule has 0 heterocycles. The molecular formula is C12H20N2O2S2. The van der Waals surface area contributed by atoms with Crippen LogP contribution in [-0.2, 0) is 12.8 Å². The SMILES string of the molecule is C.NC(O)=S.NC(O)=S.c1ccc2c(c1)CCC2. The lowest BCUT2D eigenvalue weighted by Gasteiger charge is -1.93. The third kappa shape index (κ3) is 11.1. The molecule has 1 aromatic carbocycles. The van der Waals surface area contributed by atoms with Crippen molar-refractivity contribution in [2.45, 2.75) is 26.7 Å². The summed E-state index contributed by atoms with van der Waals surface area (Å²) in [4.78, 5) is 0. The van der Waals surface area contributed by atoms with Gasteiger partial charge >= 0.3 is 0 Å². The average molecular weight is 288 g/mol. The number of aliphatic hydroxyl groups excluding tert-OH is 2. The van der Waals surface area contributed by atoms with Gasteiger partial charge in [0.15, 0.2) is 0 Å². The number of thiocarbonyl (C=S) groups is 2. The Hall–Kier alpha value is -1.40. The van der Waals surface area contributed by atoms with Gasteiger partial charge in [0.1, 0.15) is 0 Å². The summed E-state index contributed by atoms with van der Waals surface area (Å²) in [7, 11) is 0. The van der Waals surface area contributed by atoms with E-state index >= 15 is 0 Å². The van der Waals surface area contributed by atoms with Crippen LogP contribution in [0.15, 0.2) is 24.3 Å². The molecule has 1 aliphatic carbocycles. The summed E-state index contributed by atoms with van der Waals surface area (Å²) in [5.74, 6) is 0. The molecular weight excluding hydrogens is 268 g/mol. The summed E-state index contributed by atoms with van der Waals surface area (Å²) >= 11 is 7.74. The third-order valence-electron chi connectivity index (χ3n) is 2.01. The van der Waals surface area contributed by atoms with E-state index < -0.39 is 10.3 Å². The first-order chi connectivity index (χ1) is 7.93. The Bertz CT molecular complexity index is 341. The zero-order chi connectivity index (χ0) is 13.3. The van der Waals surface area contributed by atoms with Crippen LogP contribution in [0.5, 0.6) is 0 Å². The van der Waals surface area contributed by atoms with Crippen molar-refractivity contribution in [1.29, 1.82) is 0 Å². The summed E-state index contributed by atoms with van der Waals surface area (Å²) in [5, 5.41) is 14.1. The van der Waals surface area contributed by atoms with Crippen molar-refractivity contribution in [1.82, 2.24) is 0 Å². The van der Waals surface area contributed by atoms with E-state index in [0.717, 1.165) is 0 Å². The normalized spacial score (nSPS) is 10.4. The van der Waals surface area contributed by atoms with E-state index in [0.29, 0.717) is 0 Å². The lowest BCUT2D eigenvalue weighted by Crippen LogP contribution is -2.03. The summed E-state index contributed by atoms with van der Waals surface area (Å²) in [6.45, 7) is 0. The van der Waals surface area contributed by atoms with Gasteiger partial charge in [-0.25, -0.2) is 0 Å². The Morgan fingerprint density at radius 2 is 1.22 bits per heavy atom. The molecule has 18 heavy (non-hydrogen) atoms. The molecule has 0 fully saturated rings. The van der Waals surface area contributed by atoms with E-state index in [9.17, 15) is 0 Å². The van der Waals surface area contributed by atoms with E-state index in [4.69, 9.17) is 10.2 Å². The van der Waals surface area contributed by atoms with Crippen LogP contribution in [0, 0.1) is 0 Å². The monoisotopic (exact) mass is 288 g/mol. The fraction of sp³-hybridized carbons (Fsp3) is 0.333. The molecule has 0 aliphatic heterocycles. The van der Waals surface area contributed by atoms with Gasteiger partial charge in [-0.05, 0) is 54.8 Å². The zero-order valence-corrected chi connectivity index (χ0v) is 10.9. The van der Waals surface area contributed by atoms with Crippen molar-refractivity contribution < 1.29 is 10.2 Å². The fourth-order valence-electron chi connectivity index (χ4n) is 1.51. The second-order valence-electron chi connectivity index (χ2n) is 3.30. The molecule has 102 valence electrons. The molecule has 0 unspecified atom stereocenters. The molecule has 0 radical (unpaired) electrons. The lowest BCUT2D eigenvalue weighted by molar-refractivity contribution is 0.559. The van der Waals surface area contributed by atoms with Gasteiger partial charge in [-0.3, -0.25) is 0 Å². The number of nitrogens with two attached hydrogens (primary N) is 2. The van der Waals surface area contributed by atoms with Crippen LogP contribution >= 0.6 is 24.4 Å². The number of benzene rings is 1. The van der Waals surface area contributed by atoms with Crippen molar-refractivity contribution in [3.05, 3.63) is 35.4 Å². The number of rotatable bonds is 0. The van der Waals surface area contributed by atoms with E-state index in [-0.39, 0.29) is 7.43 Å². The molecule has 6 heteroatoms. The molecule has 0 aromatic heterocycles. The summed E-state index contributed by atoms with van der Waals surface area (Å²) in [5.41, 5.74) is 11.9. The molecule has 0 saturated heterocycles. The average Bonchev–Trinajstić information content (AvgIpc) is 2.62. The Kier molecular flexibility index (Phi) is 11.3. The standard InChI is InChI=1S/C9H10.2CH3NOS.CH4/c1-2-5-9-7-3-6-8(9)4-1;2*2-1(3)4;/h1-2,4-5H,3,6-7H2;2*(H3,2,3,4);1H4. The highest BCUT2D eigenvalue weighted by molar-refractivity contribution is 7.80. The van der Waals surface area contributed by atoms with Gasteiger partial charge in [-0.15, -0.1) is 0 Å². The van der Waals surface area contributed by atoms with Crippen LogP contribution in [0.3, 0.4) is 0 Å². The second kappa shape index (κ2) is 10.7. The van der Waals surface area contributed by atoms with Crippen molar-refractivity contribution in [2.24, 2.45) is 11.5 Å². The molecule has 0 saturated carbocycles. The van der Waals surface area contributed by atoms with Gasteiger partial charge in [0, 0.05) is 0 Å². The highest BCUT2D eigenvalue weighted by Crippen LogP contribution is 2.20. The Balaban J connectivity index is 0. The number of fused-ring (bicyclic) bond motifs is 1. The van der Waals surface area contributed by atoms with Gasteiger partial charge in [0.2, 0.25) is 0 Å². The first kappa shape index (κ1) is 19.0. The lowest BCUT2D eigenvalue weighted by atomic mass is 10.1. The van der Waals surface area contributed by atoms with Gasteiger partial charge in [0.25, 0.3) is 10.3 Å². The Morgan fingerprint density at radius 3 is 1.50 bits per heavy atom. The largest absolute Gasteiger partial charge is 0.487 e. The van der Waals surface area contributed by atoms with E-state index in [1.165, 1.54) is 19.3 Å². The van der Waals surface area contributed by atoms with Crippen LogP contribution < -0.4 is 11.5 Å². The predicted octanol–water partition coefficient (Wildman–Crippen LogP) is 2.39. The van der Waals surface area contributed by atoms with Gasteiger partial charge in [-0.2, -0.15) is 0 Å². The minimum Gasteiger partial charge on any atom is -0.487 e. The molecule has 4 nitrogen and oxygen atoms in total. The third-order valence-corrected chi connectivity index (χ3v) is 2.01. The maximum absolute atomic E-state index is 7.56. The molecule has 0 bridgehead atoms. The molecule has 1 aromatic rings. The Labute approximate surface area is 119 Å². The predicted molar refractivity (Wildman–Crippen MR) is 84.0 cm³/mol. The molecule has 0 amide bonds. The van der Waals surface area contributed by atoms with Gasteiger partial charge < -0.3 is 21.7 Å². The smallest absolute Gasteiger partial charge is 0.251 e. The maximum Gasteiger partial charge on any atom is 0.251 e. The van der Waals surface area contributed by atoms with Crippen LogP contribution in [0.1, 0.15) is 25.0 Å². The zero-order valence-electron chi connectivity index (χ0n) is 9.30. The minimum atomic E-state index is -0.500. The van der Waals surface area contributed by atoms with E-state index in [1.807, 2.05) is 0 Å². The number of aryl methyl sites for hydroxylation is 2. The van der Waals surface area contributed by atoms with Gasteiger partial charge in [-0.1, -0.05) is 31.7 Å². The summed E-state index contributed by atoms with van der Waals surface area (Å²) in [6, 6.07) is 8.74. The highest BCUT2D eigenvalue weighted by Gasteiger charge is 2.07. The summed E-state index contributed by atoms with van der Waals surface area (Å²) in [6.07, 6.45) is 3.96. The molecule has 0 spiro atoms. The van der Waals surface area contributed by atoms with Crippen molar-refractivity contribution in [3.8, 4) is 0 Å². The number of hydrogen-bond donors (Lipinski definition) is 4. The maximum atomic E-state index is 7.56. The molecule has 6 N–H and O–H groups in total. The van der Waals surface area contributed by atoms with Crippen LogP contribution in [0.2, 0.25) is 0 Å². The quantitative estimate of drug-likeness (QED) is 0.548. The minimum absolute atomic E-state index is 0. The second-order valence-corrected chi connectivity index (χ2v) is 4.14. The first-order valence-corrected chi connectivity index (χ1v) is 5.78. The molecule has 1 aliphatic rings.